The average molecular weight is 531 g/mol. The molecular weight excluding hydrogens is 501 g/mol. The number of carbonyl (C=O) groups excluding carboxylic acids is 1. The summed E-state index contributed by atoms with van der Waals surface area (Å²) in [5.41, 5.74) is 0.356. The fraction of sp³-hybridized carbons (Fsp3) is 0.129. The summed E-state index contributed by atoms with van der Waals surface area (Å²) in [7, 11) is -2.45. The zero-order chi connectivity index (χ0) is 25.6. The Morgan fingerprint density at radius 2 is 1.14 bits per heavy atom. The fourth-order valence-electron chi connectivity index (χ4n) is 3.95. The first kappa shape index (κ1) is 26.2. The van der Waals surface area contributed by atoms with E-state index in [1.165, 1.54) is 15.9 Å². The van der Waals surface area contributed by atoms with E-state index in [1.54, 1.807) is 11.8 Å². The molecule has 0 radical (unpaired) electrons. The van der Waals surface area contributed by atoms with Gasteiger partial charge in [-0.2, -0.15) is 0 Å². The smallest absolute Gasteiger partial charge is 0.232 e. The SMILES string of the molecule is CC(C)(C)C(=O)NC(=CSc1ccc(Cl)cc1)[P+](c1ccccc1)(c1ccccc1)c1ccccc1. The van der Waals surface area contributed by atoms with Gasteiger partial charge in [-0.05, 0) is 60.7 Å². The van der Waals surface area contributed by atoms with Crippen molar-refractivity contribution in [1.29, 1.82) is 0 Å². The van der Waals surface area contributed by atoms with Crippen LogP contribution in [-0.4, -0.2) is 5.91 Å². The molecule has 1 N–H and O–H groups in total. The van der Waals surface area contributed by atoms with E-state index in [-0.39, 0.29) is 5.91 Å². The molecule has 0 heterocycles. The molecule has 1 amide bonds. The third-order valence-electron chi connectivity index (χ3n) is 5.83. The first-order valence-electron chi connectivity index (χ1n) is 11.8. The normalized spacial score (nSPS) is 12.3. The van der Waals surface area contributed by atoms with Crippen molar-refractivity contribution in [3.63, 3.8) is 0 Å². The van der Waals surface area contributed by atoms with Gasteiger partial charge in [-0.3, -0.25) is 10.1 Å². The molecule has 0 bridgehead atoms. The molecule has 0 saturated carbocycles. The minimum Gasteiger partial charge on any atom is -0.295 e. The molecule has 36 heavy (non-hydrogen) atoms. The number of amides is 1. The Balaban J connectivity index is 2.02. The van der Waals surface area contributed by atoms with Crippen LogP contribution in [0.2, 0.25) is 5.02 Å². The van der Waals surface area contributed by atoms with Gasteiger partial charge in [0.25, 0.3) is 0 Å². The Labute approximate surface area is 224 Å². The van der Waals surface area contributed by atoms with Crippen LogP contribution in [-0.2, 0) is 4.79 Å². The van der Waals surface area contributed by atoms with E-state index in [2.05, 4.69) is 83.5 Å². The molecule has 2 nitrogen and oxygen atoms in total. The van der Waals surface area contributed by atoms with E-state index in [9.17, 15) is 4.79 Å². The van der Waals surface area contributed by atoms with Crippen LogP contribution in [0.15, 0.2) is 131 Å². The molecule has 5 heteroatoms. The molecule has 0 aliphatic carbocycles. The summed E-state index contributed by atoms with van der Waals surface area (Å²) in [4.78, 5) is 14.6. The molecule has 4 aromatic rings. The minimum atomic E-state index is -2.45. The third kappa shape index (κ3) is 5.76. The van der Waals surface area contributed by atoms with E-state index >= 15 is 0 Å². The lowest BCUT2D eigenvalue weighted by Crippen LogP contribution is -2.41. The van der Waals surface area contributed by atoms with Crippen molar-refractivity contribution in [2.45, 2.75) is 25.7 Å². The van der Waals surface area contributed by atoms with E-state index in [4.69, 9.17) is 11.6 Å². The highest BCUT2D eigenvalue weighted by Gasteiger charge is 2.51. The zero-order valence-corrected chi connectivity index (χ0v) is 23.2. The molecular formula is C31H30ClNOPS+. The Morgan fingerprint density at radius 1 is 0.722 bits per heavy atom. The first-order chi connectivity index (χ1) is 17.3. The highest BCUT2D eigenvalue weighted by molar-refractivity contribution is 8.04. The number of halogens is 1. The number of nitrogens with one attached hydrogen (secondary N) is 1. The van der Waals surface area contributed by atoms with Crippen LogP contribution in [0, 0.1) is 5.41 Å². The topological polar surface area (TPSA) is 29.1 Å². The van der Waals surface area contributed by atoms with Crippen molar-refractivity contribution in [3.05, 3.63) is 131 Å². The highest BCUT2D eigenvalue weighted by atomic mass is 35.5. The lowest BCUT2D eigenvalue weighted by molar-refractivity contribution is -0.127. The summed E-state index contributed by atoms with van der Waals surface area (Å²) in [5, 5.41) is 9.76. The summed E-state index contributed by atoms with van der Waals surface area (Å²) >= 11 is 7.72. The van der Waals surface area contributed by atoms with Crippen LogP contribution in [0.5, 0.6) is 0 Å². The summed E-state index contributed by atoms with van der Waals surface area (Å²) in [6.45, 7) is 5.83. The van der Waals surface area contributed by atoms with Gasteiger partial charge in [0.1, 0.15) is 15.9 Å². The van der Waals surface area contributed by atoms with Crippen LogP contribution in [0.3, 0.4) is 0 Å². The number of hydrogen-bond acceptors (Lipinski definition) is 2. The summed E-state index contributed by atoms with van der Waals surface area (Å²) in [6, 6.07) is 39.4. The molecule has 0 fully saturated rings. The molecule has 0 spiro atoms. The molecule has 182 valence electrons. The van der Waals surface area contributed by atoms with Gasteiger partial charge in [0.2, 0.25) is 5.91 Å². The Kier molecular flexibility index (Phi) is 8.36. The van der Waals surface area contributed by atoms with E-state index in [0.717, 1.165) is 10.3 Å². The average Bonchev–Trinajstić information content (AvgIpc) is 2.90. The summed E-state index contributed by atoms with van der Waals surface area (Å²) < 4.78 is 0. The van der Waals surface area contributed by atoms with Gasteiger partial charge in [0.15, 0.2) is 12.7 Å². The van der Waals surface area contributed by atoms with Crippen molar-refractivity contribution < 1.29 is 4.79 Å². The zero-order valence-electron chi connectivity index (χ0n) is 20.7. The number of carbonyl (C=O) groups is 1. The monoisotopic (exact) mass is 530 g/mol. The molecule has 0 unspecified atom stereocenters. The number of benzene rings is 4. The number of rotatable bonds is 7. The maximum Gasteiger partial charge on any atom is 0.232 e. The predicted molar refractivity (Wildman–Crippen MR) is 158 cm³/mol. The van der Waals surface area contributed by atoms with Crippen LogP contribution in [0.25, 0.3) is 0 Å². The van der Waals surface area contributed by atoms with Crippen molar-refractivity contribution in [1.82, 2.24) is 5.32 Å². The third-order valence-corrected chi connectivity index (χ3v) is 11.3. The second-order valence-electron chi connectivity index (χ2n) is 9.46. The van der Waals surface area contributed by atoms with Gasteiger partial charge < -0.3 is 0 Å². The molecule has 4 aromatic carbocycles. The fourth-order valence-corrected chi connectivity index (χ4v) is 9.33. The van der Waals surface area contributed by atoms with Crippen LogP contribution in [0.4, 0.5) is 0 Å². The lowest BCUT2D eigenvalue weighted by atomic mass is 9.96. The largest absolute Gasteiger partial charge is 0.295 e. The molecule has 0 aliphatic rings. The number of hydrogen-bond donors (Lipinski definition) is 1. The molecule has 0 aliphatic heterocycles. The Bertz CT molecular complexity index is 1220. The maximum atomic E-state index is 13.5. The van der Waals surface area contributed by atoms with Gasteiger partial charge >= 0.3 is 0 Å². The van der Waals surface area contributed by atoms with Crippen molar-refractivity contribution >= 4 is 52.4 Å². The maximum absolute atomic E-state index is 13.5. The second kappa shape index (κ2) is 11.5. The van der Waals surface area contributed by atoms with Gasteiger partial charge in [0, 0.05) is 20.7 Å². The van der Waals surface area contributed by atoms with Crippen LogP contribution in [0.1, 0.15) is 20.8 Å². The van der Waals surface area contributed by atoms with Gasteiger partial charge in [-0.1, -0.05) is 98.7 Å². The van der Waals surface area contributed by atoms with E-state index in [1.807, 2.05) is 63.2 Å². The van der Waals surface area contributed by atoms with Crippen LogP contribution >= 0.6 is 30.6 Å². The van der Waals surface area contributed by atoms with Gasteiger partial charge in [-0.15, -0.1) is 0 Å². The molecule has 0 aromatic heterocycles. The van der Waals surface area contributed by atoms with Gasteiger partial charge in [-0.25, -0.2) is 0 Å². The summed E-state index contributed by atoms with van der Waals surface area (Å²) in [6.07, 6.45) is 0. The molecule has 0 atom stereocenters. The Morgan fingerprint density at radius 3 is 1.53 bits per heavy atom. The molecule has 4 rings (SSSR count). The van der Waals surface area contributed by atoms with Crippen molar-refractivity contribution in [2.24, 2.45) is 5.41 Å². The Hall–Kier alpha value is -2.84. The van der Waals surface area contributed by atoms with Crippen LogP contribution < -0.4 is 21.2 Å². The quantitative estimate of drug-likeness (QED) is 0.199. The predicted octanol–water partition coefficient (Wildman–Crippen LogP) is 7.39. The molecule has 0 saturated heterocycles. The van der Waals surface area contributed by atoms with E-state index in [0.29, 0.717) is 5.02 Å². The summed E-state index contributed by atoms with van der Waals surface area (Å²) in [5.74, 6) is -0.0161. The highest BCUT2D eigenvalue weighted by Crippen LogP contribution is 2.62. The second-order valence-corrected chi connectivity index (χ2v) is 14.2. The van der Waals surface area contributed by atoms with E-state index < -0.39 is 12.7 Å². The first-order valence-corrected chi connectivity index (χ1v) is 14.9. The standard InChI is InChI=1S/C31H29ClNOPS/c1-31(2,3)30(34)33-29(23-36-28-21-19-24(32)20-22-28)35(25-13-7-4-8-14-25,26-15-9-5-10-16-26)27-17-11-6-12-18-27/h4-23H,1-3H3/p+1. The van der Waals surface area contributed by atoms with Gasteiger partial charge in [0.05, 0.1) is 0 Å². The minimum absolute atomic E-state index is 0.0161. The van der Waals surface area contributed by atoms with Crippen molar-refractivity contribution in [3.8, 4) is 0 Å². The number of thioether (sulfide) groups is 1. The van der Waals surface area contributed by atoms with Crippen molar-refractivity contribution in [2.75, 3.05) is 0 Å². The lowest BCUT2D eigenvalue weighted by Gasteiger charge is -2.31.